The lowest BCUT2D eigenvalue weighted by Crippen LogP contribution is -2.01. The second kappa shape index (κ2) is 4.45. The van der Waals surface area contributed by atoms with Crippen molar-refractivity contribution in [3.63, 3.8) is 0 Å². The molecule has 2 aromatic heterocycles. The Bertz CT molecular complexity index is 513. The first-order chi connectivity index (χ1) is 7.78. The maximum absolute atomic E-state index is 8.80. The van der Waals surface area contributed by atoms with Crippen molar-refractivity contribution < 1.29 is 4.52 Å². The molecule has 0 bridgehead atoms. The number of nitrogens with one attached hydrogen (secondary N) is 1. The van der Waals surface area contributed by atoms with E-state index in [1.807, 2.05) is 6.92 Å². The average Bonchev–Trinajstić information content (AvgIpc) is 2.78. The summed E-state index contributed by atoms with van der Waals surface area (Å²) >= 11 is 0. The highest BCUT2D eigenvalue weighted by Gasteiger charge is 2.01. The first-order valence-corrected chi connectivity index (χ1v) is 4.80. The third-order valence-electron chi connectivity index (χ3n) is 2.02. The highest BCUT2D eigenvalue weighted by Crippen LogP contribution is 2.10. The van der Waals surface area contributed by atoms with Crippen molar-refractivity contribution in [2.24, 2.45) is 0 Å². The summed E-state index contributed by atoms with van der Waals surface area (Å²) in [6, 6.07) is 7.29. The van der Waals surface area contributed by atoms with Gasteiger partial charge in [0, 0.05) is 11.8 Å². The van der Waals surface area contributed by atoms with Gasteiger partial charge in [-0.3, -0.25) is 0 Å². The number of hydrogen-bond donors (Lipinski definition) is 1. The molecule has 0 aliphatic rings. The summed E-state index contributed by atoms with van der Waals surface area (Å²) in [5.74, 6) is 1.38. The third kappa shape index (κ3) is 2.36. The number of nitriles is 1. The molecule has 80 valence electrons. The fraction of sp³-hybridized carbons (Fsp3) is 0.182. The Morgan fingerprint density at radius 1 is 1.50 bits per heavy atom. The van der Waals surface area contributed by atoms with Crippen LogP contribution in [0, 0.1) is 18.3 Å². The zero-order chi connectivity index (χ0) is 11.4. The Kier molecular flexibility index (Phi) is 2.83. The van der Waals surface area contributed by atoms with Crippen molar-refractivity contribution in [3.05, 3.63) is 41.4 Å². The molecule has 0 spiro atoms. The standard InChI is InChI=1S/C11H10N4O/c1-8-4-9(6-12)5-11(15-8)13-7-10-2-3-14-16-10/h2-5H,7H2,1H3,(H,13,15). The summed E-state index contributed by atoms with van der Waals surface area (Å²) in [6.07, 6.45) is 1.58. The van der Waals surface area contributed by atoms with E-state index < -0.39 is 0 Å². The van der Waals surface area contributed by atoms with Gasteiger partial charge in [0.25, 0.3) is 0 Å². The van der Waals surface area contributed by atoms with Crippen LogP contribution in [0.1, 0.15) is 17.0 Å². The summed E-state index contributed by atoms with van der Waals surface area (Å²) in [5, 5.41) is 15.5. The first-order valence-electron chi connectivity index (χ1n) is 4.80. The number of aromatic nitrogens is 2. The molecule has 2 heterocycles. The molecule has 0 fully saturated rings. The van der Waals surface area contributed by atoms with E-state index in [9.17, 15) is 0 Å². The van der Waals surface area contributed by atoms with Crippen LogP contribution in [0.2, 0.25) is 0 Å². The van der Waals surface area contributed by atoms with Crippen LogP contribution in [-0.2, 0) is 6.54 Å². The lowest BCUT2D eigenvalue weighted by Gasteiger charge is -2.04. The number of pyridine rings is 1. The number of anilines is 1. The molecule has 0 aliphatic carbocycles. The molecule has 5 nitrogen and oxygen atoms in total. The van der Waals surface area contributed by atoms with Gasteiger partial charge >= 0.3 is 0 Å². The predicted octanol–water partition coefficient (Wildman–Crippen LogP) is 1.86. The first kappa shape index (κ1) is 10.2. The molecule has 0 saturated carbocycles. The molecular weight excluding hydrogens is 204 g/mol. The lowest BCUT2D eigenvalue weighted by atomic mass is 10.2. The largest absolute Gasteiger partial charge is 0.363 e. The van der Waals surface area contributed by atoms with Crippen molar-refractivity contribution in [2.45, 2.75) is 13.5 Å². The van der Waals surface area contributed by atoms with Crippen molar-refractivity contribution in [1.29, 1.82) is 5.26 Å². The highest BCUT2D eigenvalue weighted by molar-refractivity contribution is 5.44. The van der Waals surface area contributed by atoms with Gasteiger partial charge in [0.05, 0.1) is 24.4 Å². The summed E-state index contributed by atoms with van der Waals surface area (Å²) in [7, 11) is 0. The average molecular weight is 214 g/mol. The quantitative estimate of drug-likeness (QED) is 0.844. The third-order valence-corrected chi connectivity index (χ3v) is 2.02. The number of aryl methyl sites for hydroxylation is 1. The van der Waals surface area contributed by atoms with Crippen molar-refractivity contribution >= 4 is 5.82 Å². The maximum atomic E-state index is 8.80. The number of hydrogen-bond acceptors (Lipinski definition) is 5. The second-order valence-corrected chi connectivity index (χ2v) is 3.33. The molecule has 0 atom stereocenters. The molecule has 0 radical (unpaired) electrons. The lowest BCUT2D eigenvalue weighted by molar-refractivity contribution is 0.388. The van der Waals surface area contributed by atoms with Gasteiger partial charge in [0.1, 0.15) is 5.82 Å². The van der Waals surface area contributed by atoms with E-state index in [1.165, 1.54) is 0 Å². The minimum absolute atomic E-state index is 0.501. The SMILES string of the molecule is Cc1cc(C#N)cc(NCc2ccno2)n1. The zero-order valence-corrected chi connectivity index (χ0v) is 8.77. The van der Waals surface area contributed by atoms with Crippen molar-refractivity contribution in [2.75, 3.05) is 5.32 Å². The van der Waals surface area contributed by atoms with Gasteiger partial charge in [0.15, 0.2) is 5.76 Å². The molecule has 0 amide bonds. The second-order valence-electron chi connectivity index (χ2n) is 3.33. The minimum atomic E-state index is 0.501. The maximum Gasteiger partial charge on any atom is 0.155 e. The molecule has 5 heteroatoms. The van der Waals surface area contributed by atoms with E-state index >= 15 is 0 Å². The van der Waals surface area contributed by atoms with E-state index in [4.69, 9.17) is 9.78 Å². The molecule has 1 N–H and O–H groups in total. The van der Waals surface area contributed by atoms with Gasteiger partial charge in [0.2, 0.25) is 0 Å². The smallest absolute Gasteiger partial charge is 0.155 e. The van der Waals surface area contributed by atoms with Crippen LogP contribution in [0.3, 0.4) is 0 Å². The van der Waals surface area contributed by atoms with Gasteiger partial charge < -0.3 is 9.84 Å². The Hall–Kier alpha value is -2.35. The zero-order valence-electron chi connectivity index (χ0n) is 8.77. The van der Waals surface area contributed by atoms with Gasteiger partial charge in [-0.2, -0.15) is 5.26 Å². The summed E-state index contributed by atoms with van der Waals surface area (Å²) < 4.78 is 4.94. The van der Waals surface area contributed by atoms with E-state index in [2.05, 4.69) is 21.5 Å². The van der Waals surface area contributed by atoms with Crippen LogP contribution in [0.25, 0.3) is 0 Å². The number of rotatable bonds is 3. The van der Waals surface area contributed by atoms with E-state index in [0.717, 1.165) is 11.5 Å². The van der Waals surface area contributed by atoms with Crippen LogP contribution in [0.15, 0.2) is 28.9 Å². The van der Waals surface area contributed by atoms with E-state index in [-0.39, 0.29) is 0 Å². The molecule has 2 aromatic rings. The minimum Gasteiger partial charge on any atom is -0.363 e. The summed E-state index contributed by atoms with van der Waals surface area (Å²) in [4.78, 5) is 4.26. The summed E-state index contributed by atoms with van der Waals surface area (Å²) in [6.45, 7) is 2.35. The fourth-order valence-electron chi connectivity index (χ4n) is 1.33. The van der Waals surface area contributed by atoms with Crippen LogP contribution in [-0.4, -0.2) is 10.1 Å². The Labute approximate surface area is 92.7 Å². The summed E-state index contributed by atoms with van der Waals surface area (Å²) in [5.41, 5.74) is 1.40. The molecule has 0 unspecified atom stereocenters. The van der Waals surface area contributed by atoms with E-state index in [1.54, 1.807) is 24.4 Å². The number of nitrogens with zero attached hydrogens (tertiary/aromatic N) is 3. The van der Waals surface area contributed by atoms with Crippen LogP contribution < -0.4 is 5.32 Å². The Balaban J connectivity index is 2.10. The van der Waals surface area contributed by atoms with Crippen LogP contribution in [0.4, 0.5) is 5.82 Å². The highest BCUT2D eigenvalue weighted by atomic mass is 16.5. The fourth-order valence-corrected chi connectivity index (χ4v) is 1.33. The molecule has 16 heavy (non-hydrogen) atoms. The Morgan fingerprint density at radius 2 is 2.38 bits per heavy atom. The Morgan fingerprint density at radius 3 is 3.06 bits per heavy atom. The molecule has 2 rings (SSSR count). The molecule has 0 saturated heterocycles. The van der Waals surface area contributed by atoms with Crippen molar-refractivity contribution in [1.82, 2.24) is 10.1 Å². The molecular formula is C11H10N4O. The normalized spacial score (nSPS) is 9.75. The molecule has 0 aliphatic heterocycles. The monoisotopic (exact) mass is 214 g/mol. The van der Waals surface area contributed by atoms with Gasteiger partial charge in [-0.25, -0.2) is 4.98 Å². The van der Waals surface area contributed by atoms with Gasteiger partial charge in [-0.05, 0) is 19.1 Å². The van der Waals surface area contributed by atoms with Crippen LogP contribution >= 0.6 is 0 Å². The van der Waals surface area contributed by atoms with Crippen LogP contribution in [0.5, 0.6) is 0 Å². The van der Waals surface area contributed by atoms with Gasteiger partial charge in [-0.1, -0.05) is 5.16 Å². The van der Waals surface area contributed by atoms with E-state index in [0.29, 0.717) is 17.9 Å². The molecule has 0 aromatic carbocycles. The van der Waals surface area contributed by atoms with Crippen molar-refractivity contribution in [3.8, 4) is 6.07 Å². The topological polar surface area (TPSA) is 74.7 Å². The van der Waals surface area contributed by atoms with Gasteiger partial charge in [-0.15, -0.1) is 0 Å². The predicted molar refractivity (Wildman–Crippen MR) is 57.5 cm³/mol.